The van der Waals surface area contributed by atoms with Gasteiger partial charge in [-0.3, -0.25) is 0 Å². The van der Waals surface area contributed by atoms with Crippen LogP contribution in [0, 0.1) is 0 Å². The van der Waals surface area contributed by atoms with Crippen molar-refractivity contribution in [2.24, 2.45) is 0 Å². The van der Waals surface area contributed by atoms with Crippen molar-refractivity contribution in [1.29, 1.82) is 0 Å². The van der Waals surface area contributed by atoms with Gasteiger partial charge in [0.2, 0.25) is 0 Å². The summed E-state index contributed by atoms with van der Waals surface area (Å²) in [6.45, 7) is 0.123. The molecule has 0 saturated heterocycles. The number of aromatic amines is 1. The number of halogens is 1. The maximum Gasteiger partial charge on any atom is 0.139 e. The smallest absolute Gasteiger partial charge is 0.139 e. The molecule has 0 aliphatic heterocycles. The van der Waals surface area contributed by atoms with Crippen LogP contribution in [0.25, 0.3) is 11.0 Å². The Bertz CT molecular complexity index is 424. The molecule has 68 valence electrons. The van der Waals surface area contributed by atoms with Crippen LogP contribution >= 0.6 is 11.6 Å². The van der Waals surface area contributed by atoms with E-state index in [-0.39, 0.29) is 6.61 Å². The molecule has 13 heavy (non-hydrogen) atoms. The molecule has 0 saturated carbocycles. The van der Waals surface area contributed by atoms with E-state index in [9.17, 15) is 0 Å². The minimum Gasteiger partial charge on any atom is -0.396 e. The van der Waals surface area contributed by atoms with Crippen molar-refractivity contribution in [3.05, 3.63) is 29.0 Å². The molecule has 4 heteroatoms. The third-order valence-electron chi connectivity index (χ3n) is 1.99. The summed E-state index contributed by atoms with van der Waals surface area (Å²) in [5.41, 5.74) is 1.78. The van der Waals surface area contributed by atoms with Gasteiger partial charge in [-0.25, -0.2) is 4.98 Å². The van der Waals surface area contributed by atoms with Crippen molar-refractivity contribution in [3.63, 3.8) is 0 Å². The van der Waals surface area contributed by atoms with Gasteiger partial charge in [0.1, 0.15) is 5.65 Å². The number of H-pyrrole nitrogens is 1. The molecule has 0 spiro atoms. The lowest BCUT2D eigenvalue weighted by atomic mass is 10.2. The van der Waals surface area contributed by atoms with E-state index in [1.54, 1.807) is 12.3 Å². The van der Waals surface area contributed by atoms with Crippen molar-refractivity contribution in [3.8, 4) is 0 Å². The van der Waals surface area contributed by atoms with Gasteiger partial charge in [-0.05, 0) is 18.1 Å². The van der Waals surface area contributed by atoms with Gasteiger partial charge < -0.3 is 10.1 Å². The summed E-state index contributed by atoms with van der Waals surface area (Å²) in [5.74, 6) is 0. The highest BCUT2D eigenvalue weighted by Gasteiger charge is 2.06. The van der Waals surface area contributed by atoms with Crippen molar-refractivity contribution in [2.45, 2.75) is 6.42 Å². The lowest BCUT2D eigenvalue weighted by Gasteiger charge is -1.96. The van der Waals surface area contributed by atoms with Crippen molar-refractivity contribution in [2.75, 3.05) is 6.61 Å². The number of nitrogens with zero attached hydrogens (tertiary/aromatic N) is 1. The lowest BCUT2D eigenvalue weighted by molar-refractivity contribution is 0.300. The third-order valence-corrected chi connectivity index (χ3v) is 2.30. The number of aromatic nitrogens is 2. The highest BCUT2D eigenvalue weighted by atomic mass is 35.5. The van der Waals surface area contributed by atoms with Crippen LogP contribution in [0.5, 0.6) is 0 Å². The largest absolute Gasteiger partial charge is 0.396 e. The fourth-order valence-electron chi connectivity index (χ4n) is 1.40. The summed E-state index contributed by atoms with van der Waals surface area (Å²) in [6, 6.07) is 1.75. The van der Waals surface area contributed by atoms with E-state index in [1.165, 1.54) is 0 Å². The number of nitrogens with one attached hydrogen (secondary N) is 1. The Balaban J connectivity index is 2.64. The van der Waals surface area contributed by atoms with Gasteiger partial charge in [-0.2, -0.15) is 0 Å². The van der Waals surface area contributed by atoms with Crippen molar-refractivity contribution in [1.82, 2.24) is 9.97 Å². The minimum atomic E-state index is 0.123. The molecule has 0 aromatic carbocycles. The molecule has 0 fully saturated rings. The first kappa shape index (κ1) is 8.53. The normalized spacial score (nSPS) is 10.9. The molecule has 2 N–H and O–H groups in total. The van der Waals surface area contributed by atoms with E-state index in [2.05, 4.69) is 9.97 Å². The monoisotopic (exact) mass is 196 g/mol. The van der Waals surface area contributed by atoms with Crippen LogP contribution < -0.4 is 0 Å². The molecule has 0 bridgehead atoms. The van der Waals surface area contributed by atoms with Crippen LogP contribution in [0.1, 0.15) is 5.56 Å². The molecule has 2 rings (SSSR count). The molecule has 0 aliphatic carbocycles. The van der Waals surface area contributed by atoms with E-state index in [1.807, 2.05) is 6.20 Å². The Morgan fingerprint density at radius 2 is 2.38 bits per heavy atom. The van der Waals surface area contributed by atoms with E-state index in [4.69, 9.17) is 16.7 Å². The molecular weight excluding hydrogens is 188 g/mol. The fourth-order valence-corrected chi connectivity index (χ4v) is 1.67. The summed E-state index contributed by atoms with van der Waals surface area (Å²) >= 11 is 6.00. The third kappa shape index (κ3) is 1.41. The van der Waals surface area contributed by atoms with E-state index < -0.39 is 0 Å². The first-order chi connectivity index (χ1) is 6.33. The van der Waals surface area contributed by atoms with Gasteiger partial charge in [0.05, 0.1) is 5.02 Å². The first-order valence-corrected chi connectivity index (χ1v) is 4.42. The predicted molar refractivity (Wildman–Crippen MR) is 51.9 cm³/mol. The second-order valence-corrected chi connectivity index (χ2v) is 3.21. The molecule has 3 nitrogen and oxygen atoms in total. The summed E-state index contributed by atoms with van der Waals surface area (Å²) in [4.78, 5) is 7.13. The summed E-state index contributed by atoms with van der Waals surface area (Å²) in [6.07, 6.45) is 4.09. The average Bonchev–Trinajstić information content (AvgIpc) is 2.51. The van der Waals surface area contributed by atoms with Crippen LogP contribution in [0.4, 0.5) is 0 Å². The first-order valence-electron chi connectivity index (χ1n) is 4.04. The highest BCUT2D eigenvalue weighted by molar-refractivity contribution is 6.35. The van der Waals surface area contributed by atoms with E-state index in [0.717, 1.165) is 16.6 Å². The van der Waals surface area contributed by atoms with Crippen LogP contribution in [-0.2, 0) is 6.42 Å². The Hall–Kier alpha value is -1.06. The number of hydrogen-bond donors (Lipinski definition) is 2. The summed E-state index contributed by atoms with van der Waals surface area (Å²) in [7, 11) is 0. The molecule has 2 heterocycles. The zero-order chi connectivity index (χ0) is 9.26. The molecule has 0 aliphatic rings. The van der Waals surface area contributed by atoms with Crippen LogP contribution in [0.3, 0.4) is 0 Å². The van der Waals surface area contributed by atoms with Gasteiger partial charge in [0.25, 0.3) is 0 Å². The molecule has 2 aromatic rings. The number of rotatable bonds is 2. The van der Waals surface area contributed by atoms with Gasteiger partial charge in [-0.1, -0.05) is 11.6 Å². The maximum absolute atomic E-state index is 8.81. The molecule has 0 unspecified atom stereocenters. The van der Waals surface area contributed by atoms with Gasteiger partial charge in [0.15, 0.2) is 0 Å². The summed E-state index contributed by atoms with van der Waals surface area (Å²) < 4.78 is 0. The van der Waals surface area contributed by atoms with E-state index in [0.29, 0.717) is 11.4 Å². The topological polar surface area (TPSA) is 48.9 Å². The van der Waals surface area contributed by atoms with Gasteiger partial charge >= 0.3 is 0 Å². The number of aliphatic hydroxyl groups is 1. The molecule has 0 atom stereocenters. The quantitative estimate of drug-likeness (QED) is 0.769. The average molecular weight is 197 g/mol. The van der Waals surface area contributed by atoms with Crippen LogP contribution in [0.2, 0.25) is 5.02 Å². The Kier molecular flexibility index (Phi) is 2.20. The molecule has 2 aromatic heterocycles. The number of pyridine rings is 1. The van der Waals surface area contributed by atoms with E-state index >= 15 is 0 Å². The SMILES string of the molecule is OCCc1c[nH]c2nccc(Cl)c12. The minimum absolute atomic E-state index is 0.123. The molecule has 0 radical (unpaired) electrons. The van der Waals surface area contributed by atoms with Gasteiger partial charge in [-0.15, -0.1) is 0 Å². The fraction of sp³-hybridized carbons (Fsp3) is 0.222. The lowest BCUT2D eigenvalue weighted by Crippen LogP contribution is -1.88. The van der Waals surface area contributed by atoms with Crippen molar-refractivity contribution >= 4 is 22.6 Å². The Morgan fingerprint density at radius 3 is 3.15 bits per heavy atom. The molecular formula is C9H9ClN2O. The van der Waals surface area contributed by atoms with Gasteiger partial charge in [0, 0.05) is 24.4 Å². The zero-order valence-electron chi connectivity index (χ0n) is 6.92. The zero-order valence-corrected chi connectivity index (χ0v) is 7.67. The number of aliphatic hydroxyl groups excluding tert-OH is 1. The maximum atomic E-state index is 8.81. The Labute approximate surface area is 80.4 Å². The van der Waals surface area contributed by atoms with Crippen molar-refractivity contribution < 1.29 is 5.11 Å². The van der Waals surface area contributed by atoms with Crippen LogP contribution in [-0.4, -0.2) is 21.7 Å². The predicted octanol–water partition coefficient (Wildman–Crippen LogP) is 1.75. The van der Waals surface area contributed by atoms with Crippen LogP contribution in [0.15, 0.2) is 18.5 Å². The molecule has 0 amide bonds. The highest BCUT2D eigenvalue weighted by Crippen LogP contribution is 2.24. The summed E-state index contributed by atoms with van der Waals surface area (Å²) in [5, 5.41) is 10.4. The standard InChI is InChI=1S/C9H9ClN2O/c10-7-1-3-11-9-8(7)6(2-4-13)5-12-9/h1,3,5,13H,2,4H2,(H,11,12). The number of fused-ring (bicyclic) bond motifs is 1. The number of hydrogen-bond acceptors (Lipinski definition) is 2. The second-order valence-electron chi connectivity index (χ2n) is 2.80. The second kappa shape index (κ2) is 3.36. The Morgan fingerprint density at radius 1 is 1.54 bits per heavy atom.